The van der Waals surface area contributed by atoms with Gasteiger partial charge in [0.25, 0.3) is 5.56 Å². The highest BCUT2D eigenvalue weighted by Crippen LogP contribution is 2.19. The molecule has 7 heteroatoms. The van der Waals surface area contributed by atoms with E-state index in [0.717, 1.165) is 16.9 Å². The van der Waals surface area contributed by atoms with Gasteiger partial charge in [0.15, 0.2) is 4.96 Å². The molecule has 0 amide bonds. The number of rotatable bonds is 2. The highest BCUT2D eigenvalue weighted by Gasteiger charge is 2.11. The number of hydrogen-bond donors (Lipinski definition) is 0. The van der Waals surface area contributed by atoms with E-state index in [1.165, 1.54) is 10.6 Å². The molecule has 0 saturated heterocycles. The smallest absolute Gasteiger partial charge is 0.267 e. The molecule has 0 bridgehead atoms. The van der Waals surface area contributed by atoms with E-state index in [-0.39, 0.29) is 10.6 Å². The predicted octanol–water partition coefficient (Wildman–Crippen LogP) is 2.85. The van der Waals surface area contributed by atoms with E-state index in [4.69, 9.17) is 16.9 Å². The van der Waals surface area contributed by atoms with Crippen molar-refractivity contribution in [1.82, 2.24) is 14.4 Å². The van der Waals surface area contributed by atoms with Gasteiger partial charge < -0.3 is 0 Å². The number of halogens is 1. The van der Waals surface area contributed by atoms with Crippen LogP contribution in [0.4, 0.5) is 0 Å². The average molecular weight is 315 g/mol. The fraction of sp³-hybridized carbons (Fsp3) is 0. The van der Waals surface area contributed by atoms with Crippen LogP contribution >= 0.6 is 22.9 Å². The van der Waals surface area contributed by atoms with Gasteiger partial charge in [-0.15, -0.1) is 0 Å². The number of nitrogens with zero attached hydrogens (tertiary/aromatic N) is 4. The maximum absolute atomic E-state index is 12.1. The quantitative estimate of drug-likeness (QED) is 0.729. The molecule has 0 aliphatic rings. The van der Waals surface area contributed by atoms with Crippen molar-refractivity contribution in [3.63, 3.8) is 0 Å². The maximum Gasteiger partial charge on any atom is 0.277 e. The molecule has 0 aliphatic heterocycles. The van der Waals surface area contributed by atoms with Gasteiger partial charge in [0.1, 0.15) is 16.0 Å². The fourth-order valence-electron chi connectivity index (χ4n) is 1.75. The first kappa shape index (κ1) is 13.5. The van der Waals surface area contributed by atoms with Gasteiger partial charge in [-0.25, -0.2) is 4.98 Å². The van der Waals surface area contributed by atoms with Crippen LogP contribution in [0.5, 0.6) is 0 Å². The molecular weight excluding hydrogens is 308 g/mol. The summed E-state index contributed by atoms with van der Waals surface area (Å²) >= 11 is 7.19. The summed E-state index contributed by atoms with van der Waals surface area (Å²) in [5, 5.41) is 8.91. The Labute approximate surface area is 128 Å². The third-order valence-electron chi connectivity index (χ3n) is 2.73. The molecule has 0 aliphatic carbocycles. The van der Waals surface area contributed by atoms with Crippen LogP contribution in [0.1, 0.15) is 16.1 Å². The molecule has 3 aromatic rings. The van der Waals surface area contributed by atoms with Crippen LogP contribution in [-0.4, -0.2) is 14.4 Å². The van der Waals surface area contributed by atoms with Gasteiger partial charge in [0.05, 0.1) is 5.69 Å². The summed E-state index contributed by atoms with van der Waals surface area (Å²) in [4.78, 5) is 21.3. The van der Waals surface area contributed by atoms with Crippen LogP contribution in [0.2, 0.25) is 5.02 Å². The molecule has 0 radical (unpaired) electrons. The van der Waals surface area contributed by atoms with E-state index in [2.05, 4.69) is 9.97 Å². The molecule has 3 aromatic heterocycles. The van der Waals surface area contributed by atoms with Crippen LogP contribution in [0.15, 0.2) is 35.5 Å². The Morgan fingerprint density at radius 3 is 3.00 bits per heavy atom. The van der Waals surface area contributed by atoms with Gasteiger partial charge in [-0.3, -0.25) is 14.2 Å². The lowest BCUT2D eigenvalue weighted by atomic mass is 10.2. The van der Waals surface area contributed by atoms with E-state index < -0.39 is 0 Å². The number of fused-ring (bicyclic) bond motifs is 1. The van der Waals surface area contributed by atoms with Crippen molar-refractivity contribution in [1.29, 1.82) is 5.26 Å². The average Bonchev–Trinajstić information content (AvgIpc) is 2.94. The second-order valence-corrected chi connectivity index (χ2v) is 5.48. The second-order valence-electron chi connectivity index (χ2n) is 4.10. The van der Waals surface area contributed by atoms with Crippen LogP contribution in [0.3, 0.4) is 0 Å². The Morgan fingerprint density at radius 1 is 1.43 bits per heavy atom. The number of nitriles is 1. The standard InChI is InChI=1S/C14H7ClN4OS/c15-12-11(4-3-9-2-1-5-17-7-9)18-14-19(13(12)20)8-10(6-16)21-14/h1-5,7-8H. The van der Waals surface area contributed by atoms with Gasteiger partial charge in [0.2, 0.25) is 0 Å². The number of thiazole rings is 1. The number of aromatic nitrogens is 3. The molecule has 0 spiro atoms. The second kappa shape index (κ2) is 5.48. The van der Waals surface area contributed by atoms with E-state index in [9.17, 15) is 4.79 Å². The lowest BCUT2D eigenvalue weighted by Crippen LogP contribution is -2.14. The molecule has 0 N–H and O–H groups in total. The van der Waals surface area contributed by atoms with E-state index in [0.29, 0.717) is 15.5 Å². The Balaban J connectivity index is 2.11. The SMILES string of the molecule is N#Cc1cn2c(=O)c(Cl)c(C=Cc3cccnc3)nc2s1. The number of pyridine rings is 1. The third kappa shape index (κ3) is 2.57. The van der Waals surface area contributed by atoms with Crippen molar-refractivity contribution in [3.05, 3.63) is 62.2 Å². The molecule has 0 saturated carbocycles. The summed E-state index contributed by atoms with van der Waals surface area (Å²) in [6.07, 6.45) is 8.24. The van der Waals surface area contributed by atoms with Gasteiger partial charge in [-0.1, -0.05) is 35.1 Å². The van der Waals surface area contributed by atoms with Crippen molar-refractivity contribution in [3.8, 4) is 6.07 Å². The first-order valence-corrected chi connectivity index (χ1v) is 7.08. The highest BCUT2D eigenvalue weighted by atomic mass is 35.5. The van der Waals surface area contributed by atoms with Crippen molar-refractivity contribution in [2.24, 2.45) is 0 Å². The fourth-order valence-corrected chi connectivity index (χ4v) is 2.72. The first-order chi connectivity index (χ1) is 10.2. The molecule has 3 rings (SSSR count). The minimum atomic E-state index is -0.384. The van der Waals surface area contributed by atoms with E-state index >= 15 is 0 Å². The largest absolute Gasteiger partial charge is 0.277 e. The van der Waals surface area contributed by atoms with Crippen LogP contribution in [0.25, 0.3) is 17.1 Å². The van der Waals surface area contributed by atoms with Gasteiger partial charge >= 0.3 is 0 Å². The van der Waals surface area contributed by atoms with Crippen molar-refractivity contribution in [2.45, 2.75) is 0 Å². The highest BCUT2D eigenvalue weighted by molar-refractivity contribution is 7.17. The van der Waals surface area contributed by atoms with Crippen molar-refractivity contribution < 1.29 is 0 Å². The summed E-state index contributed by atoms with van der Waals surface area (Å²) in [5.41, 5.74) is 0.863. The zero-order valence-electron chi connectivity index (χ0n) is 10.5. The molecule has 5 nitrogen and oxygen atoms in total. The van der Waals surface area contributed by atoms with Crippen LogP contribution < -0.4 is 5.56 Å². The lowest BCUT2D eigenvalue weighted by molar-refractivity contribution is 1.07. The van der Waals surface area contributed by atoms with Crippen molar-refractivity contribution in [2.75, 3.05) is 0 Å². The molecule has 0 fully saturated rings. The van der Waals surface area contributed by atoms with Crippen LogP contribution in [0, 0.1) is 11.3 Å². The molecule has 0 unspecified atom stereocenters. The summed E-state index contributed by atoms with van der Waals surface area (Å²) in [5.74, 6) is 0. The van der Waals surface area contributed by atoms with Gasteiger partial charge in [-0.05, 0) is 17.7 Å². The van der Waals surface area contributed by atoms with Crippen LogP contribution in [-0.2, 0) is 0 Å². The molecule has 0 atom stereocenters. The predicted molar refractivity (Wildman–Crippen MR) is 82.2 cm³/mol. The first-order valence-electron chi connectivity index (χ1n) is 5.89. The minimum Gasteiger partial charge on any atom is -0.267 e. The molecule has 102 valence electrons. The van der Waals surface area contributed by atoms with Gasteiger partial charge in [-0.2, -0.15) is 5.26 Å². The minimum absolute atomic E-state index is 0.0231. The lowest BCUT2D eigenvalue weighted by Gasteiger charge is -1.98. The Kier molecular flexibility index (Phi) is 3.52. The van der Waals surface area contributed by atoms with Gasteiger partial charge in [0, 0.05) is 18.6 Å². The van der Waals surface area contributed by atoms with E-state index in [1.54, 1.807) is 24.5 Å². The Morgan fingerprint density at radius 2 is 2.29 bits per heavy atom. The Hall–Kier alpha value is -2.49. The van der Waals surface area contributed by atoms with E-state index in [1.807, 2.05) is 18.2 Å². The zero-order valence-corrected chi connectivity index (χ0v) is 12.1. The summed E-state index contributed by atoms with van der Waals surface area (Å²) in [7, 11) is 0. The van der Waals surface area contributed by atoms with Crippen molar-refractivity contribution >= 4 is 40.1 Å². The molecule has 21 heavy (non-hydrogen) atoms. The molecule has 3 heterocycles. The molecule has 0 aromatic carbocycles. The Bertz CT molecular complexity index is 937. The molecular formula is C14H7ClN4OS. The topological polar surface area (TPSA) is 71.0 Å². The third-order valence-corrected chi connectivity index (χ3v) is 3.97. The maximum atomic E-state index is 12.1. The monoisotopic (exact) mass is 314 g/mol. The summed E-state index contributed by atoms with van der Waals surface area (Å²) in [6.45, 7) is 0. The summed E-state index contributed by atoms with van der Waals surface area (Å²) in [6, 6.07) is 5.68. The summed E-state index contributed by atoms with van der Waals surface area (Å²) < 4.78 is 1.28. The normalized spacial score (nSPS) is 11.0. The number of hydrogen-bond acceptors (Lipinski definition) is 5. The zero-order chi connectivity index (χ0) is 14.8.